The Morgan fingerprint density at radius 2 is 1.86 bits per heavy atom. The van der Waals surface area contributed by atoms with E-state index in [0.29, 0.717) is 35.1 Å². The number of nitrogen functional groups attached to an aromatic ring is 1. The lowest BCUT2D eigenvalue weighted by atomic mass is 10.1. The fourth-order valence-electron chi connectivity index (χ4n) is 1.93. The Labute approximate surface area is 122 Å². The van der Waals surface area contributed by atoms with Crippen molar-refractivity contribution in [2.45, 2.75) is 19.6 Å². The van der Waals surface area contributed by atoms with Crippen molar-refractivity contribution in [1.82, 2.24) is 20.2 Å². The number of hydrogen-bond donors (Lipinski definition) is 1. The number of aromatic nitrogens is 4. The molecule has 0 aliphatic carbocycles. The highest BCUT2D eigenvalue weighted by Gasteiger charge is 2.17. The molecule has 0 bridgehead atoms. The summed E-state index contributed by atoms with van der Waals surface area (Å²) in [5, 5.41) is 11.7. The molecule has 0 saturated heterocycles. The third kappa shape index (κ3) is 3.05. The molecule has 2 rings (SSSR count). The van der Waals surface area contributed by atoms with Crippen LogP contribution in [0.3, 0.4) is 0 Å². The van der Waals surface area contributed by atoms with Gasteiger partial charge in [-0.1, -0.05) is 0 Å². The van der Waals surface area contributed by atoms with Gasteiger partial charge in [0.2, 0.25) is 0 Å². The Morgan fingerprint density at radius 3 is 2.48 bits per heavy atom. The molecule has 0 saturated carbocycles. The van der Waals surface area contributed by atoms with E-state index < -0.39 is 0 Å². The van der Waals surface area contributed by atoms with Crippen LogP contribution in [0.15, 0.2) is 12.1 Å². The van der Waals surface area contributed by atoms with Crippen molar-refractivity contribution >= 4 is 5.69 Å². The lowest BCUT2D eigenvalue weighted by molar-refractivity contribution is 0.0997. The second-order valence-corrected chi connectivity index (χ2v) is 4.53. The van der Waals surface area contributed by atoms with E-state index in [4.69, 9.17) is 19.9 Å². The first kappa shape index (κ1) is 15.0. The summed E-state index contributed by atoms with van der Waals surface area (Å²) in [5.41, 5.74) is 7.26. The van der Waals surface area contributed by atoms with E-state index in [2.05, 4.69) is 15.5 Å². The molecule has 8 heteroatoms. The summed E-state index contributed by atoms with van der Waals surface area (Å²) >= 11 is 0. The van der Waals surface area contributed by atoms with Crippen LogP contribution in [0.4, 0.5) is 5.69 Å². The minimum absolute atomic E-state index is 0.0198. The van der Waals surface area contributed by atoms with Crippen molar-refractivity contribution in [2.24, 2.45) is 0 Å². The Morgan fingerprint density at radius 1 is 1.19 bits per heavy atom. The summed E-state index contributed by atoms with van der Waals surface area (Å²) < 4.78 is 17.4. The van der Waals surface area contributed by atoms with Crippen molar-refractivity contribution < 1.29 is 14.2 Å². The van der Waals surface area contributed by atoms with E-state index in [1.165, 1.54) is 0 Å². The van der Waals surface area contributed by atoms with Gasteiger partial charge >= 0.3 is 0 Å². The number of nitrogens with two attached hydrogens (primary N) is 1. The predicted octanol–water partition coefficient (Wildman–Crippen LogP) is 0.974. The van der Waals surface area contributed by atoms with Gasteiger partial charge in [0.15, 0.2) is 17.3 Å². The van der Waals surface area contributed by atoms with Gasteiger partial charge in [-0.3, -0.25) is 0 Å². The third-order valence-corrected chi connectivity index (χ3v) is 3.16. The van der Waals surface area contributed by atoms with Gasteiger partial charge < -0.3 is 19.9 Å². The molecule has 1 heterocycles. The first-order chi connectivity index (χ1) is 10.1. The van der Waals surface area contributed by atoms with Gasteiger partial charge in [0, 0.05) is 24.4 Å². The number of hydrogen-bond acceptors (Lipinski definition) is 7. The Bertz CT molecular complexity index is 614. The van der Waals surface area contributed by atoms with Crippen LogP contribution in [0.2, 0.25) is 0 Å². The lowest BCUT2D eigenvalue weighted by Gasteiger charge is -2.14. The summed E-state index contributed by atoms with van der Waals surface area (Å²) in [5.74, 6) is 1.68. The molecule has 0 amide bonds. The van der Waals surface area contributed by atoms with Crippen LogP contribution in [0, 0.1) is 0 Å². The molecule has 0 aliphatic heterocycles. The first-order valence-corrected chi connectivity index (χ1v) is 6.41. The lowest BCUT2D eigenvalue weighted by Crippen LogP contribution is -2.17. The molecule has 0 spiro atoms. The van der Waals surface area contributed by atoms with Gasteiger partial charge in [-0.05, 0) is 23.4 Å². The maximum atomic E-state index is 6.07. The quantitative estimate of drug-likeness (QED) is 0.792. The van der Waals surface area contributed by atoms with Crippen LogP contribution in [-0.2, 0) is 11.3 Å². The summed E-state index contributed by atoms with van der Waals surface area (Å²) in [6.45, 7) is 2.45. The molecule has 1 unspecified atom stereocenters. The summed E-state index contributed by atoms with van der Waals surface area (Å²) in [4.78, 5) is 0. The Balaban J connectivity index is 2.45. The number of ether oxygens (including phenoxy) is 3. The SMILES string of the molecule is COc1cc(N)c(-c2nnnn2CC(C)OC)cc1OC. The van der Waals surface area contributed by atoms with Gasteiger partial charge in [-0.25, -0.2) is 4.68 Å². The molecule has 21 heavy (non-hydrogen) atoms. The molecular weight excluding hydrogens is 274 g/mol. The molecule has 2 N–H and O–H groups in total. The van der Waals surface area contributed by atoms with Gasteiger partial charge in [-0.2, -0.15) is 0 Å². The van der Waals surface area contributed by atoms with Crippen molar-refractivity contribution in [1.29, 1.82) is 0 Å². The second kappa shape index (κ2) is 6.40. The minimum Gasteiger partial charge on any atom is -0.493 e. The number of tetrazole rings is 1. The van der Waals surface area contributed by atoms with Gasteiger partial charge in [0.05, 0.1) is 26.9 Å². The molecule has 0 fully saturated rings. The molecule has 1 aromatic carbocycles. The summed E-state index contributed by atoms with van der Waals surface area (Å²) in [6.07, 6.45) is -0.0198. The second-order valence-electron chi connectivity index (χ2n) is 4.53. The zero-order valence-electron chi connectivity index (χ0n) is 12.5. The highest BCUT2D eigenvalue weighted by molar-refractivity contribution is 5.75. The number of benzene rings is 1. The van der Waals surface area contributed by atoms with Crippen LogP contribution in [0.1, 0.15) is 6.92 Å². The third-order valence-electron chi connectivity index (χ3n) is 3.16. The van der Waals surface area contributed by atoms with Crippen LogP contribution in [-0.4, -0.2) is 47.6 Å². The average molecular weight is 293 g/mol. The maximum Gasteiger partial charge on any atom is 0.184 e. The monoisotopic (exact) mass is 293 g/mol. The minimum atomic E-state index is -0.0198. The normalized spacial score (nSPS) is 12.2. The number of nitrogens with zero attached hydrogens (tertiary/aromatic N) is 4. The maximum absolute atomic E-state index is 6.07. The Hall–Kier alpha value is -2.35. The fourth-order valence-corrected chi connectivity index (χ4v) is 1.93. The smallest absolute Gasteiger partial charge is 0.184 e. The standard InChI is InChI=1S/C13H19N5O3/c1-8(19-2)7-18-13(15-16-17-18)9-5-11(20-3)12(21-4)6-10(9)14/h5-6,8H,7,14H2,1-4H3. The average Bonchev–Trinajstić information content (AvgIpc) is 2.94. The van der Waals surface area contributed by atoms with Crippen LogP contribution in [0.25, 0.3) is 11.4 Å². The fraction of sp³-hybridized carbons (Fsp3) is 0.462. The summed E-state index contributed by atoms with van der Waals surface area (Å²) in [7, 11) is 4.76. The van der Waals surface area contributed by atoms with Crippen molar-refractivity contribution in [3.8, 4) is 22.9 Å². The van der Waals surface area contributed by atoms with E-state index >= 15 is 0 Å². The largest absolute Gasteiger partial charge is 0.493 e. The van der Waals surface area contributed by atoms with Crippen LogP contribution >= 0.6 is 0 Å². The molecular formula is C13H19N5O3. The Kier molecular flexibility index (Phi) is 4.59. The zero-order valence-corrected chi connectivity index (χ0v) is 12.5. The van der Waals surface area contributed by atoms with E-state index in [1.807, 2.05) is 6.92 Å². The summed E-state index contributed by atoms with van der Waals surface area (Å²) in [6, 6.07) is 3.45. The molecule has 1 atom stereocenters. The molecule has 114 valence electrons. The first-order valence-electron chi connectivity index (χ1n) is 6.41. The number of methoxy groups -OCH3 is 3. The highest BCUT2D eigenvalue weighted by Crippen LogP contribution is 2.36. The van der Waals surface area contributed by atoms with Crippen molar-refractivity contribution in [2.75, 3.05) is 27.1 Å². The molecule has 8 nitrogen and oxygen atoms in total. The van der Waals surface area contributed by atoms with Crippen LogP contribution < -0.4 is 15.2 Å². The van der Waals surface area contributed by atoms with Gasteiger partial charge in [-0.15, -0.1) is 5.10 Å². The van der Waals surface area contributed by atoms with Crippen LogP contribution in [0.5, 0.6) is 11.5 Å². The van der Waals surface area contributed by atoms with Gasteiger partial charge in [0.1, 0.15) is 0 Å². The van der Waals surface area contributed by atoms with E-state index in [1.54, 1.807) is 38.1 Å². The van der Waals surface area contributed by atoms with Crippen molar-refractivity contribution in [3.63, 3.8) is 0 Å². The topological polar surface area (TPSA) is 97.3 Å². The van der Waals surface area contributed by atoms with E-state index in [0.717, 1.165) is 0 Å². The van der Waals surface area contributed by atoms with E-state index in [9.17, 15) is 0 Å². The number of anilines is 1. The van der Waals surface area contributed by atoms with Gasteiger partial charge in [0.25, 0.3) is 0 Å². The molecule has 0 radical (unpaired) electrons. The zero-order chi connectivity index (χ0) is 15.4. The molecule has 2 aromatic rings. The van der Waals surface area contributed by atoms with E-state index in [-0.39, 0.29) is 6.10 Å². The highest BCUT2D eigenvalue weighted by atomic mass is 16.5. The molecule has 0 aliphatic rings. The molecule has 1 aromatic heterocycles. The number of rotatable bonds is 6. The van der Waals surface area contributed by atoms with Crippen molar-refractivity contribution in [3.05, 3.63) is 12.1 Å². The predicted molar refractivity (Wildman–Crippen MR) is 77.2 cm³/mol.